The van der Waals surface area contributed by atoms with Crippen LogP contribution >= 0.6 is 0 Å². The van der Waals surface area contributed by atoms with Crippen molar-refractivity contribution in [1.29, 1.82) is 0 Å². The quantitative estimate of drug-likeness (QED) is 0.403. The van der Waals surface area contributed by atoms with Crippen LogP contribution in [0.3, 0.4) is 0 Å². The smallest absolute Gasteiger partial charge is 0.225 e. The van der Waals surface area contributed by atoms with E-state index in [2.05, 4.69) is 65.9 Å². The van der Waals surface area contributed by atoms with Gasteiger partial charge in [0.05, 0.1) is 23.4 Å². The normalized spacial score (nSPS) is 14.9. The Labute approximate surface area is 162 Å². The summed E-state index contributed by atoms with van der Waals surface area (Å²) in [5.74, 6) is 2.72. The molecule has 4 aromatic rings. The molecule has 0 radical (unpaired) electrons. The second-order valence-corrected chi connectivity index (χ2v) is 7.37. The maximum atomic E-state index is 4.61. The SMILES string of the molecule is Cc1cc(Nc2cc(C3CC3)[nH]n2)nc(NC(C)c2ccc3nc[nH]c3c2)n1. The van der Waals surface area contributed by atoms with Gasteiger partial charge in [-0.2, -0.15) is 10.1 Å². The summed E-state index contributed by atoms with van der Waals surface area (Å²) in [6.45, 7) is 4.05. The molecule has 0 amide bonds. The molecule has 0 saturated heterocycles. The maximum absolute atomic E-state index is 4.61. The Hall–Kier alpha value is -3.42. The zero-order chi connectivity index (χ0) is 19.1. The Balaban J connectivity index is 1.34. The van der Waals surface area contributed by atoms with Crippen LogP contribution < -0.4 is 10.6 Å². The van der Waals surface area contributed by atoms with E-state index in [4.69, 9.17) is 0 Å². The maximum Gasteiger partial charge on any atom is 0.225 e. The topological polar surface area (TPSA) is 107 Å². The monoisotopic (exact) mass is 374 g/mol. The first-order valence-electron chi connectivity index (χ1n) is 9.51. The van der Waals surface area contributed by atoms with Gasteiger partial charge in [0.1, 0.15) is 5.82 Å². The van der Waals surface area contributed by atoms with E-state index in [1.165, 1.54) is 18.5 Å². The first-order valence-corrected chi connectivity index (χ1v) is 9.51. The van der Waals surface area contributed by atoms with Gasteiger partial charge in [-0.15, -0.1) is 0 Å². The summed E-state index contributed by atoms with van der Waals surface area (Å²) >= 11 is 0. The Morgan fingerprint density at radius 2 is 2.00 bits per heavy atom. The van der Waals surface area contributed by atoms with E-state index in [0.717, 1.165) is 33.9 Å². The van der Waals surface area contributed by atoms with Crippen LogP contribution in [0.2, 0.25) is 0 Å². The lowest BCUT2D eigenvalue weighted by Gasteiger charge is -2.15. The van der Waals surface area contributed by atoms with Gasteiger partial charge in [-0.1, -0.05) is 6.07 Å². The van der Waals surface area contributed by atoms with Crippen molar-refractivity contribution in [2.75, 3.05) is 10.6 Å². The van der Waals surface area contributed by atoms with Crippen molar-refractivity contribution in [2.45, 2.75) is 38.6 Å². The Morgan fingerprint density at radius 3 is 2.86 bits per heavy atom. The number of aromatic amines is 2. The minimum Gasteiger partial charge on any atom is -0.348 e. The van der Waals surface area contributed by atoms with Crippen LogP contribution in [0.4, 0.5) is 17.6 Å². The van der Waals surface area contributed by atoms with E-state index in [9.17, 15) is 0 Å². The predicted octanol–water partition coefficient (Wildman–Crippen LogP) is 4.18. The molecule has 1 aromatic carbocycles. The van der Waals surface area contributed by atoms with E-state index in [-0.39, 0.29) is 6.04 Å². The zero-order valence-electron chi connectivity index (χ0n) is 15.8. The van der Waals surface area contributed by atoms with Crippen LogP contribution in [0, 0.1) is 6.92 Å². The van der Waals surface area contributed by atoms with Crippen molar-refractivity contribution in [1.82, 2.24) is 30.1 Å². The molecule has 3 heterocycles. The molecule has 28 heavy (non-hydrogen) atoms. The number of H-pyrrole nitrogens is 2. The van der Waals surface area contributed by atoms with E-state index in [0.29, 0.717) is 11.9 Å². The van der Waals surface area contributed by atoms with E-state index in [1.807, 2.05) is 19.1 Å². The fourth-order valence-electron chi connectivity index (χ4n) is 3.33. The van der Waals surface area contributed by atoms with Gasteiger partial charge in [0.25, 0.3) is 0 Å². The van der Waals surface area contributed by atoms with Crippen LogP contribution in [-0.2, 0) is 0 Å². The minimum atomic E-state index is 0.0502. The van der Waals surface area contributed by atoms with Crippen LogP contribution in [0.5, 0.6) is 0 Å². The highest BCUT2D eigenvalue weighted by atomic mass is 15.2. The standard InChI is InChI=1S/C20H22N8/c1-11-7-18(25-19-9-16(27-28-19)13-3-4-13)26-20(23-11)24-12(2)14-5-6-15-17(8-14)22-10-21-15/h5-10,12-13H,3-4H2,1-2H3,(H,21,22)(H3,23,24,25,26,27,28). The summed E-state index contributed by atoms with van der Waals surface area (Å²) in [5.41, 5.74) is 5.18. The number of hydrogen-bond donors (Lipinski definition) is 4. The first-order chi connectivity index (χ1) is 13.6. The molecule has 1 saturated carbocycles. The van der Waals surface area contributed by atoms with Gasteiger partial charge in [-0.05, 0) is 44.4 Å². The summed E-state index contributed by atoms with van der Waals surface area (Å²) in [6, 6.07) is 10.2. The van der Waals surface area contributed by atoms with Crippen molar-refractivity contribution >= 4 is 28.6 Å². The Morgan fingerprint density at radius 1 is 1.11 bits per heavy atom. The highest BCUT2D eigenvalue weighted by Gasteiger charge is 2.25. The van der Waals surface area contributed by atoms with Crippen molar-refractivity contribution < 1.29 is 0 Å². The summed E-state index contributed by atoms with van der Waals surface area (Å²) in [6.07, 6.45) is 4.19. The second kappa shape index (κ2) is 6.63. The highest BCUT2D eigenvalue weighted by Crippen LogP contribution is 2.39. The van der Waals surface area contributed by atoms with Crippen molar-refractivity contribution in [3.05, 3.63) is 53.6 Å². The molecule has 1 fully saturated rings. The minimum absolute atomic E-state index is 0.0502. The number of aryl methyl sites for hydroxylation is 1. The van der Waals surface area contributed by atoms with Gasteiger partial charge < -0.3 is 15.6 Å². The molecule has 1 aliphatic carbocycles. The van der Waals surface area contributed by atoms with Crippen molar-refractivity contribution in [3.8, 4) is 0 Å². The predicted molar refractivity (Wildman–Crippen MR) is 109 cm³/mol. The lowest BCUT2D eigenvalue weighted by Crippen LogP contribution is -2.11. The van der Waals surface area contributed by atoms with Crippen LogP contribution in [0.1, 0.15) is 48.7 Å². The molecule has 1 unspecified atom stereocenters. The third kappa shape index (κ3) is 3.40. The number of anilines is 3. The first kappa shape index (κ1) is 16.7. The molecule has 3 aromatic heterocycles. The lowest BCUT2D eigenvalue weighted by molar-refractivity contribution is 0.859. The molecule has 5 rings (SSSR count). The summed E-state index contributed by atoms with van der Waals surface area (Å²) < 4.78 is 0. The number of hydrogen-bond acceptors (Lipinski definition) is 6. The third-order valence-corrected chi connectivity index (χ3v) is 5.02. The molecule has 142 valence electrons. The van der Waals surface area contributed by atoms with Crippen LogP contribution in [-0.4, -0.2) is 30.1 Å². The largest absolute Gasteiger partial charge is 0.348 e. The molecule has 1 aliphatic rings. The fraction of sp³-hybridized carbons (Fsp3) is 0.300. The number of benzene rings is 1. The zero-order valence-corrected chi connectivity index (χ0v) is 15.8. The van der Waals surface area contributed by atoms with Crippen molar-refractivity contribution in [2.24, 2.45) is 0 Å². The summed E-state index contributed by atoms with van der Waals surface area (Å²) in [5, 5.41) is 14.1. The molecule has 8 heteroatoms. The van der Waals surface area contributed by atoms with E-state index >= 15 is 0 Å². The number of fused-ring (bicyclic) bond motifs is 1. The molecule has 0 aliphatic heterocycles. The highest BCUT2D eigenvalue weighted by molar-refractivity contribution is 5.75. The van der Waals surface area contributed by atoms with Crippen LogP contribution in [0.25, 0.3) is 11.0 Å². The van der Waals surface area contributed by atoms with E-state index < -0.39 is 0 Å². The average molecular weight is 374 g/mol. The molecule has 0 bridgehead atoms. The number of imidazole rings is 1. The summed E-state index contributed by atoms with van der Waals surface area (Å²) in [7, 11) is 0. The van der Waals surface area contributed by atoms with Gasteiger partial charge in [0, 0.05) is 29.4 Å². The number of aromatic nitrogens is 6. The average Bonchev–Trinajstić information content (AvgIpc) is 3.23. The molecular weight excluding hydrogens is 352 g/mol. The molecule has 8 nitrogen and oxygen atoms in total. The molecular formula is C20H22N8. The van der Waals surface area contributed by atoms with Gasteiger partial charge in [0.15, 0.2) is 5.82 Å². The van der Waals surface area contributed by atoms with Gasteiger partial charge >= 0.3 is 0 Å². The van der Waals surface area contributed by atoms with Crippen LogP contribution in [0.15, 0.2) is 36.7 Å². The number of nitrogens with zero attached hydrogens (tertiary/aromatic N) is 4. The molecule has 0 spiro atoms. The Bertz CT molecular complexity index is 1120. The summed E-state index contributed by atoms with van der Waals surface area (Å²) in [4.78, 5) is 16.5. The van der Waals surface area contributed by atoms with Crippen molar-refractivity contribution in [3.63, 3.8) is 0 Å². The van der Waals surface area contributed by atoms with Gasteiger partial charge in [-0.3, -0.25) is 5.10 Å². The third-order valence-electron chi connectivity index (χ3n) is 5.02. The molecule has 1 atom stereocenters. The Kier molecular flexibility index (Phi) is 3.96. The number of nitrogens with one attached hydrogen (secondary N) is 4. The second-order valence-electron chi connectivity index (χ2n) is 7.37. The van der Waals surface area contributed by atoms with Gasteiger partial charge in [-0.25, -0.2) is 9.97 Å². The molecule has 4 N–H and O–H groups in total. The fourth-order valence-corrected chi connectivity index (χ4v) is 3.33. The van der Waals surface area contributed by atoms with E-state index in [1.54, 1.807) is 6.33 Å². The lowest BCUT2D eigenvalue weighted by atomic mass is 10.1. The number of rotatable bonds is 6. The van der Waals surface area contributed by atoms with Gasteiger partial charge in [0.2, 0.25) is 5.95 Å².